The first-order valence-corrected chi connectivity index (χ1v) is 4.90. The third kappa shape index (κ3) is 1.41. The van der Waals surface area contributed by atoms with Crippen LogP contribution in [0.15, 0.2) is 41.0 Å². The minimum Gasteiger partial charge on any atom is -0.461 e. The van der Waals surface area contributed by atoms with E-state index in [1.54, 1.807) is 6.26 Å². The number of H-pyrrole nitrogens is 1. The summed E-state index contributed by atoms with van der Waals surface area (Å²) < 4.78 is 5.25. The zero-order valence-electron chi connectivity index (χ0n) is 7.70. The standard InChI is InChI=1S/C11H7ClN2O/c12-7-3-4-8-9(6-7)14-11(13-8)10-2-1-5-15-10/h1-6H,(H,13,14). The van der Waals surface area contributed by atoms with Crippen LogP contribution >= 0.6 is 11.6 Å². The summed E-state index contributed by atoms with van der Waals surface area (Å²) in [6.45, 7) is 0. The van der Waals surface area contributed by atoms with Crippen LogP contribution in [-0.4, -0.2) is 9.97 Å². The Balaban J connectivity index is 2.22. The summed E-state index contributed by atoms with van der Waals surface area (Å²) in [6.07, 6.45) is 1.62. The largest absolute Gasteiger partial charge is 0.461 e. The molecule has 1 aromatic carbocycles. The molecule has 0 aliphatic carbocycles. The predicted molar refractivity (Wildman–Crippen MR) is 58.8 cm³/mol. The van der Waals surface area contributed by atoms with Crippen LogP contribution in [0.5, 0.6) is 0 Å². The Morgan fingerprint density at radius 3 is 3.00 bits per heavy atom. The van der Waals surface area contributed by atoms with Crippen LogP contribution in [0.3, 0.4) is 0 Å². The van der Waals surface area contributed by atoms with Gasteiger partial charge in [0.25, 0.3) is 0 Å². The minimum absolute atomic E-state index is 0.692. The quantitative estimate of drug-likeness (QED) is 0.680. The molecule has 0 unspecified atom stereocenters. The SMILES string of the molecule is Clc1ccc2nc(-c3ccco3)[nH]c2c1. The van der Waals surface area contributed by atoms with Crippen LogP contribution in [0.25, 0.3) is 22.6 Å². The number of nitrogens with zero attached hydrogens (tertiary/aromatic N) is 1. The predicted octanol–water partition coefficient (Wildman–Crippen LogP) is 3.48. The van der Waals surface area contributed by atoms with Gasteiger partial charge >= 0.3 is 0 Å². The molecule has 0 spiro atoms. The zero-order chi connectivity index (χ0) is 10.3. The average Bonchev–Trinajstić information content (AvgIpc) is 2.84. The van der Waals surface area contributed by atoms with Gasteiger partial charge in [-0.15, -0.1) is 0 Å². The average molecular weight is 219 g/mol. The summed E-state index contributed by atoms with van der Waals surface area (Å²) in [5.74, 6) is 1.44. The van der Waals surface area contributed by atoms with Crippen molar-refractivity contribution in [2.75, 3.05) is 0 Å². The lowest BCUT2D eigenvalue weighted by atomic mass is 10.3. The number of imidazole rings is 1. The van der Waals surface area contributed by atoms with Gasteiger partial charge in [-0.05, 0) is 30.3 Å². The van der Waals surface area contributed by atoms with E-state index in [0.29, 0.717) is 5.02 Å². The number of aromatic amines is 1. The Labute approximate surface area is 90.7 Å². The van der Waals surface area contributed by atoms with Crippen LogP contribution in [0, 0.1) is 0 Å². The molecule has 3 rings (SSSR count). The summed E-state index contributed by atoms with van der Waals surface area (Å²) in [7, 11) is 0. The lowest BCUT2D eigenvalue weighted by molar-refractivity contribution is 0.578. The number of aromatic nitrogens is 2. The fraction of sp³-hybridized carbons (Fsp3) is 0. The van der Waals surface area contributed by atoms with Gasteiger partial charge < -0.3 is 9.40 Å². The second kappa shape index (κ2) is 3.14. The summed E-state index contributed by atoms with van der Waals surface area (Å²) in [5.41, 5.74) is 1.79. The smallest absolute Gasteiger partial charge is 0.174 e. The van der Waals surface area contributed by atoms with E-state index in [1.807, 2.05) is 30.3 Å². The van der Waals surface area contributed by atoms with Crippen molar-refractivity contribution < 1.29 is 4.42 Å². The maximum atomic E-state index is 5.88. The molecule has 3 nitrogen and oxygen atoms in total. The van der Waals surface area contributed by atoms with Crippen molar-refractivity contribution in [3.8, 4) is 11.6 Å². The summed E-state index contributed by atoms with van der Waals surface area (Å²) >= 11 is 5.88. The number of nitrogens with one attached hydrogen (secondary N) is 1. The van der Waals surface area contributed by atoms with E-state index in [0.717, 1.165) is 22.6 Å². The number of fused-ring (bicyclic) bond motifs is 1. The van der Waals surface area contributed by atoms with Crippen molar-refractivity contribution >= 4 is 22.6 Å². The Morgan fingerprint density at radius 1 is 1.27 bits per heavy atom. The van der Waals surface area contributed by atoms with Gasteiger partial charge in [0.2, 0.25) is 0 Å². The number of rotatable bonds is 1. The number of halogens is 1. The molecule has 4 heteroatoms. The molecule has 0 fully saturated rings. The monoisotopic (exact) mass is 218 g/mol. The molecule has 0 atom stereocenters. The molecule has 0 aliphatic rings. The number of hydrogen-bond donors (Lipinski definition) is 1. The van der Waals surface area contributed by atoms with Gasteiger partial charge in [0.05, 0.1) is 17.3 Å². The third-order valence-electron chi connectivity index (χ3n) is 2.20. The molecular formula is C11H7ClN2O. The lowest BCUT2D eigenvalue weighted by Crippen LogP contribution is -1.73. The summed E-state index contributed by atoms with van der Waals surface area (Å²) in [5, 5.41) is 0.692. The van der Waals surface area contributed by atoms with Crippen LogP contribution in [0.4, 0.5) is 0 Å². The molecule has 2 aromatic heterocycles. The Morgan fingerprint density at radius 2 is 2.20 bits per heavy atom. The van der Waals surface area contributed by atoms with Crippen LogP contribution < -0.4 is 0 Å². The first-order chi connectivity index (χ1) is 7.33. The highest BCUT2D eigenvalue weighted by atomic mass is 35.5. The van der Waals surface area contributed by atoms with Crippen LogP contribution in [0.2, 0.25) is 5.02 Å². The Hall–Kier alpha value is -1.74. The molecule has 0 saturated heterocycles. The van der Waals surface area contributed by atoms with E-state index in [1.165, 1.54) is 0 Å². The molecule has 3 aromatic rings. The van der Waals surface area contributed by atoms with E-state index in [-0.39, 0.29) is 0 Å². The van der Waals surface area contributed by atoms with E-state index in [9.17, 15) is 0 Å². The van der Waals surface area contributed by atoms with Gasteiger partial charge in [0.1, 0.15) is 0 Å². The van der Waals surface area contributed by atoms with Gasteiger partial charge in [-0.2, -0.15) is 0 Å². The minimum atomic E-state index is 0.692. The molecule has 0 saturated carbocycles. The van der Waals surface area contributed by atoms with E-state index < -0.39 is 0 Å². The third-order valence-corrected chi connectivity index (χ3v) is 2.43. The number of benzene rings is 1. The van der Waals surface area contributed by atoms with Gasteiger partial charge in [-0.3, -0.25) is 0 Å². The molecular weight excluding hydrogens is 212 g/mol. The van der Waals surface area contributed by atoms with Crippen molar-refractivity contribution in [1.29, 1.82) is 0 Å². The molecule has 1 N–H and O–H groups in total. The highest BCUT2D eigenvalue weighted by Crippen LogP contribution is 2.22. The van der Waals surface area contributed by atoms with Gasteiger partial charge in [-0.1, -0.05) is 11.6 Å². The van der Waals surface area contributed by atoms with E-state index in [4.69, 9.17) is 16.0 Å². The van der Waals surface area contributed by atoms with Crippen molar-refractivity contribution in [2.45, 2.75) is 0 Å². The molecule has 0 bridgehead atoms. The van der Waals surface area contributed by atoms with Crippen LogP contribution in [0.1, 0.15) is 0 Å². The zero-order valence-corrected chi connectivity index (χ0v) is 8.45. The highest BCUT2D eigenvalue weighted by Gasteiger charge is 2.06. The van der Waals surface area contributed by atoms with Crippen molar-refractivity contribution in [1.82, 2.24) is 9.97 Å². The summed E-state index contributed by atoms with van der Waals surface area (Å²) in [4.78, 5) is 7.54. The fourth-order valence-electron chi connectivity index (χ4n) is 1.51. The van der Waals surface area contributed by atoms with Gasteiger partial charge in [-0.25, -0.2) is 4.98 Å². The van der Waals surface area contributed by atoms with Gasteiger partial charge in [0.15, 0.2) is 11.6 Å². The molecule has 0 amide bonds. The first kappa shape index (κ1) is 8.56. The maximum Gasteiger partial charge on any atom is 0.174 e. The fourth-order valence-corrected chi connectivity index (χ4v) is 1.68. The molecule has 74 valence electrons. The van der Waals surface area contributed by atoms with Gasteiger partial charge in [0, 0.05) is 5.02 Å². The second-order valence-corrected chi connectivity index (χ2v) is 3.66. The Bertz CT molecular complexity index is 598. The van der Waals surface area contributed by atoms with Crippen molar-refractivity contribution in [3.63, 3.8) is 0 Å². The van der Waals surface area contributed by atoms with Crippen molar-refractivity contribution in [2.24, 2.45) is 0 Å². The normalized spacial score (nSPS) is 11.0. The number of hydrogen-bond acceptors (Lipinski definition) is 2. The van der Waals surface area contributed by atoms with E-state index >= 15 is 0 Å². The first-order valence-electron chi connectivity index (χ1n) is 4.52. The highest BCUT2D eigenvalue weighted by molar-refractivity contribution is 6.31. The topological polar surface area (TPSA) is 41.8 Å². The maximum absolute atomic E-state index is 5.88. The van der Waals surface area contributed by atoms with E-state index in [2.05, 4.69) is 9.97 Å². The second-order valence-electron chi connectivity index (χ2n) is 3.22. The lowest BCUT2D eigenvalue weighted by Gasteiger charge is -1.87. The molecule has 15 heavy (non-hydrogen) atoms. The molecule has 0 radical (unpaired) electrons. The van der Waals surface area contributed by atoms with Crippen LogP contribution in [-0.2, 0) is 0 Å². The number of furan rings is 1. The Kier molecular flexibility index (Phi) is 1.79. The molecule has 2 heterocycles. The molecule has 0 aliphatic heterocycles. The van der Waals surface area contributed by atoms with Crippen molar-refractivity contribution in [3.05, 3.63) is 41.6 Å². The summed E-state index contributed by atoms with van der Waals surface area (Å²) in [6, 6.07) is 9.22.